The van der Waals surface area contributed by atoms with E-state index in [1.807, 2.05) is 5.38 Å². The molecule has 200 valence electrons. The number of carbonyl (C=O) groups excluding carboxylic acids is 3. The second kappa shape index (κ2) is 12.7. The molecule has 12 heteroatoms. The van der Waals surface area contributed by atoms with Gasteiger partial charge in [0.1, 0.15) is 30.0 Å². The molecule has 0 fully saturated rings. The first kappa shape index (κ1) is 28.0. The number of fused-ring (bicyclic) bond motifs is 1. The van der Waals surface area contributed by atoms with E-state index in [4.69, 9.17) is 4.74 Å². The van der Waals surface area contributed by atoms with Gasteiger partial charge in [-0.15, -0.1) is 23.7 Å². The van der Waals surface area contributed by atoms with E-state index in [2.05, 4.69) is 25.5 Å². The number of aromatic amines is 1. The van der Waals surface area contributed by atoms with Crippen LogP contribution in [0.4, 0.5) is 0 Å². The van der Waals surface area contributed by atoms with E-state index in [1.165, 1.54) is 29.7 Å². The maximum Gasteiger partial charge on any atom is 0.271 e. The summed E-state index contributed by atoms with van der Waals surface area (Å²) in [5, 5.41) is 17.3. The molecule has 0 aliphatic heterocycles. The lowest BCUT2D eigenvalue weighted by molar-refractivity contribution is 0.0955. The number of rotatable bonds is 8. The molecule has 5 rings (SSSR count). The number of nitrogens with zero attached hydrogens (tertiary/aromatic N) is 3. The lowest BCUT2D eigenvalue weighted by Crippen LogP contribution is -2.27. The number of imidazole rings is 1. The van der Waals surface area contributed by atoms with E-state index in [0.717, 1.165) is 21.6 Å². The molecule has 0 saturated carbocycles. The van der Waals surface area contributed by atoms with Crippen molar-refractivity contribution in [1.29, 1.82) is 0 Å². The van der Waals surface area contributed by atoms with E-state index in [9.17, 15) is 19.5 Å². The van der Waals surface area contributed by atoms with Crippen LogP contribution < -0.4 is 20.6 Å². The van der Waals surface area contributed by atoms with Crippen LogP contribution in [0, 0.1) is 0 Å². The highest BCUT2D eigenvalue weighted by atomic mass is 35.5. The molecule has 5 aromatic rings. The third-order valence-electron chi connectivity index (χ3n) is 5.70. The summed E-state index contributed by atoms with van der Waals surface area (Å²) in [6, 6.07) is 14.7. The smallest absolute Gasteiger partial charge is 0.271 e. The van der Waals surface area contributed by atoms with Gasteiger partial charge in [-0.05, 0) is 48.0 Å². The minimum Gasteiger partial charge on any atom is -0.507 e. The number of hydrogen-bond acceptors (Lipinski definition) is 9. The lowest BCUT2D eigenvalue weighted by atomic mass is 10.1. The van der Waals surface area contributed by atoms with E-state index in [1.54, 1.807) is 60.7 Å². The van der Waals surface area contributed by atoms with Crippen LogP contribution in [0.2, 0.25) is 0 Å². The number of ether oxygens (including phenoxy) is 1. The SMILES string of the molecule is Cl.O=C=c1ccc(Cc2nc(COc3ccc(C=NNC(=O)c4ccc5nc[nH]c5c4)c(O)c3)cs2)cc1=C=O. The molecule has 0 aliphatic carbocycles. The third kappa shape index (κ3) is 6.50. The number of phenolic OH excluding ortho intramolecular Hbond substituents is 1. The maximum absolute atomic E-state index is 12.3. The zero-order valence-corrected chi connectivity index (χ0v) is 22.2. The maximum atomic E-state index is 12.3. The number of aromatic hydroxyl groups is 1. The molecule has 10 nitrogen and oxygen atoms in total. The molecule has 0 atom stereocenters. The quantitative estimate of drug-likeness (QED) is 0.190. The number of nitrogens with one attached hydrogen (secondary N) is 2. The number of phenols is 1. The van der Waals surface area contributed by atoms with Gasteiger partial charge in [0.25, 0.3) is 5.91 Å². The standard InChI is InChI=1S/C28H19N5O5S.ClH/c34-12-20-2-1-17(7-21(20)13-35)8-27-32-22(15-39-27)14-38-23-5-3-19(26(36)10-23)11-31-33-28(37)18-4-6-24-25(9-18)30-16-29-24;/h1-7,9-11,15-16,36H,8,14H2,(H,29,30)(H,33,37);1H. The monoisotopic (exact) mass is 573 g/mol. The summed E-state index contributed by atoms with van der Waals surface area (Å²) in [6.07, 6.45) is 3.38. The number of thiazole rings is 1. The normalized spacial score (nSPS) is 10.6. The highest BCUT2D eigenvalue weighted by Crippen LogP contribution is 2.24. The van der Waals surface area contributed by atoms with Gasteiger partial charge in [-0.25, -0.2) is 25.0 Å². The van der Waals surface area contributed by atoms with Crippen molar-refractivity contribution >= 4 is 58.8 Å². The first-order valence-electron chi connectivity index (χ1n) is 11.6. The number of halogens is 1. The number of hydrazone groups is 1. The number of H-pyrrole nitrogens is 1. The largest absolute Gasteiger partial charge is 0.507 e. The molecule has 0 saturated heterocycles. The average Bonchev–Trinajstić information content (AvgIpc) is 3.61. The van der Waals surface area contributed by atoms with Crippen LogP contribution in [0.15, 0.2) is 71.4 Å². The zero-order valence-electron chi connectivity index (χ0n) is 20.6. The second-order valence-corrected chi connectivity index (χ2v) is 9.28. The van der Waals surface area contributed by atoms with Gasteiger partial charge >= 0.3 is 0 Å². The van der Waals surface area contributed by atoms with Crippen molar-refractivity contribution in [2.45, 2.75) is 13.0 Å². The Morgan fingerprint density at radius 3 is 2.75 bits per heavy atom. The molecule has 2 heterocycles. The van der Waals surface area contributed by atoms with Crippen LogP contribution in [0.1, 0.15) is 32.2 Å². The Morgan fingerprint density at radius 1 is 1.10 bits per heavy atom. The molecular weight excluding hydrogens is 554 g/mol. The van der Waals surface area contributed by atoms with Crippen LogP contribution in [-0.4, -0.2) is 44.1 Å². The summed E-state index contributed by atoms with van der Waals surface area (Å²) < 4.78 is 5.75. The summed E-state index contributed by atoms with van der Waals surface area (Å²) in [4.78, 5) is 45.9. The Balaban J connectivity index is 0.00000370. The first-order chi connectivity index (χ1) is 19.0. The van der Waals surface area contributed by atoms with Crippen molar-refractivity contribution < 1.29 is 24.2 Å². The molecule has 0 bridgehead atoms. The lowest BCUT2D eigenvalue weighted by Gasteiger charge is -2.06. The Labute approximate surface area is 236 Å². The first-order valence-corrected chi connectivity index (χ1v) is 12.4. The third-order valence-corrected chi connectivity index (χ3v) is 6.60. The van der Waals surface area contributed by atoms with E-state index >= 15 is 0 Å². The van der Waals surface area contributed by atoms with Gasteiger partial charge in [0.05, 0.1) is 44.7 Å². The van der Waals surface area contributed by atoms with Gasteiger partial charge in [0, 0.05) is 29.0 Å². The Hall–Kier alpha value is -5.05. The molecular formula is C28H20ClN5O5S. The van der Waals surface area contributed by atoms with Crippen molar-refractivity contribution in [3.8, 4) is 11.5 Å². The number of carbonyl (C=O) groups is 1. The summed E-state index contributed by atoms with van der Waals surface area (Å²) in [7, 11) is 0. The van der Waals surface area contributed by atoms with Gasteiger partial charge in [0.2, 0.25) is 0 Å². The highest BCUT2D eigenvalue weighted by molar-refractivity contribution is 7.09. The molecule has 1 amide bonds. The fourth-order valence-corrected chi connectivity index (χ4v) is 4.54. The molecule has 2 aromatic heterocycles. The molecule has 0 spiro atoms. The summed E-state index contributed by atoms with van der Waals surface area (Å²) >= 11 is 1.45. The fraction of sp³-hybridized carbons (Fsp3) is 0.0714. The van der Waals surface area contributed by atoms with Crippen LogP contribution in [0.3, 0.4) is 0 Å². The van der Waals surface area contributed by atoms with Crippen molar-refractivity contribution in [3.05, 3.63) is 104 Å². The topological polar surface area (TPSA) is 147 Å². The Kier molecular flexibility index (Phi) is 8.86. The molecule has 0 unspecified atom stereocenters. The molecule has 0 radical (unpaired) electrons. The predicted molar refractivity (Wildman–Crippen MR) is 151 cm³/mol. The van der Waals surface area contributed by atoms with Gasteiger partial charge in [-0.1, -0.05) is 6.07 Å². The van der Waals surface area contributed by atoms with E-state index in [-0.39, 0.29) is 35.2 Å². The fourth-order valence-electron chi connectivity index (χ4n) is 3.73. The van der Waals surface area contributed by atoms with Crippen LogP contribution >= 0.6 is 23.7 Å². The van der Waals surface area contributed by atoms with Gasteiger partial charge in [-0.2, -0.15) is 5.10 Å². The van der Waals surface area contributed by atoms with Crippen LogP contribution in [0.5, 0.6) is 11.5 Å². The van der Waals surface area contributed by atoms with Gasteiger partial charge in [-0.3, -0.25) is 4.79 Å². The summed E-state index contributed by atoms with van der Waals surface area (Å²) in [5.74, 6) is 3.44. The zero-order chi connectivity index (χ0) is 27.2. The number of hydrogen-bond donors (Lipinski definition) is 3. The van der Waals surface area contributed by atoms with Crippen molar-refractivity contribution in [2.75, 3.05) is 0 Å². The Morgan fingerprint density at radius 2 is 1.95 bits per heavy atom. The van der Waals surface area contributed by atoms with Crippen molar-refractivity contribution in [1.82, 2.24) is 20.4 Å². The number of benzene rings is 3. The molecule has 0 aliphatic rings. The van der Waals surface area contributed by atoms with E-state index < -0.39 is 5.91 Å². The minimum absolute atomic E-state index is 0. The molecule has 40 heavy (non-hydrogen) atoms. The molecule has 3 aromatic carbocycles. The number of aromatic nitrogens is 3. The summed E-state index contributed by atoms with van der Waals surface area (Å²) in [6.45, 7) is 0.187. The molecule has 3 N–H and O–H groups in total. The highest BCUT2D eigenvalue weighted by Gasteiger charge is 2.08. The van der Waals surface area contributed by atoms with Gasteiger partial charge < -0.3 is 14.8 Å². The number of amides is 1. The average molecular weight is 574 g/mol. The van der Waals surface area contributed by atoms with Gasteiger partial charge in [0.15, 0.2) is 0 Å². The summed E-state index contributed by atoms with van der Waals surface area (Å²) in [5.41, 5.74) is 6.28. The van der Waals surface area contributed by atoms with Crippen LogP contribution in [-0.2, 0) is 22.6 Å². The van der Waals surface area contributed by atoms with Crippen LogP contribution in [0.25, 0.3) is 11.0 Å². The van der Waals surface area contributed by atoms with Crippen molar-refractivity contribution in [2.24, 2.45) is 5.10 Å². The Bertz CT molecular complexity index is 1890. The minimum atomic E-state index is -0.399. The van der Waals surface area contributed by atoms with Crippen molar-refractivity contribution in [3.63, 3.8) is 0 Å². The predicted octanol–water partition coefficient (Wildman–Crippen LogP) is 2.09. The van der Waals surface area contributed by atoms with E-state index in [0.29, 0.717) is 29.0 Å². The second-order valence-electron chi connectivity index (χ2n) is 8.34.